The molecule has 6 aromatic carbocycles. The summed E-state index contributed by atoms with van der Waals surface area (Å²) in [5, 5.41) is 7.22. The molecule has 0 spiro atoms. The van der Waals surface area contributed by atoms with Crippen LogP contribution >= 0.6 is 23.2 Å². The zero-order valence-corrected chi connectivity index (χ0v) is 28.5. The molecule has 6 aromatic rings. The highest BCUT2D eigenvalue weighted by atomic mass is 35.5. The molecule has 4 nitrogen and oxygen atoms in total. The standard InChI is InChI=1S/C42H34Cl2O4/c1-6-36(45)47-22-42(23-48-37(46)7-2)34-20-25(11-15-31(34)32-16-13-28(40(43)44)21-35(32)42)30-14-10-24-8-9-26-18-29(41(3,4)5)19-27-12-17-33(30)39(24)38(26)27/h6-21,40H,1-2,22-23H2,3-5H3. The third kappa shape index (κ3) is 5.15. The molecule has 1 aliphatic rings. The first-order valence-corrected chi connectivity index (χ1v) is 16.7. The van der Waals surface area contributed by atoms with Gasteiger partial charge in [0.1, 0.15) is 18.1 Å². The van der Waals surface area contributed by atoms with E-state index in [0.717, 1.165) is 50.9 Å². The molecule has 0 aliphatic heterocycles. The molecule has 0 amide bonds. The zero-order chi connectivity index (χ0) is 34.0. The van der Waals surface area contributed by atoms with E-state index in [-0.39, 0.29) is 18.6 Å². The van der Waals surface area contributed by atoms with Crippen LogP contribution in [0.15, 0.2) is 110 Å². The van der Waals surface area contributed by atoms with E-state index in [4.69, 9.17) is 32.7 Å². The number of esters is 2. The molecule has 0 bridgehead atoms. The average Bonchev–Trinajstić information content (AvgIpc) is 3.35. The van der Waals surface area contributed by atoms with Gasteiger partial charge in [0.05, 0.1) is 5.41 Å². The van der Waals surface area contributed by atoms with E-state index >= 15 is 0 Å². The van der Waals surface area contributed by atoms with Crippen LogP contribution in [0.25, 0.3) is 54.6 Å². The van der Waals surface area contributed by atoms with Gasteiger partial charge in [0.25, 0.3) is 0 Å². The summed E-state index contributed by atoms with van der Waals surface area (Å²) >= 11 is 12.7. The van der Waals surface area contributed by atoms with Crippen LogP contribution < -0.4 is 0 Å². The van der Waals surface area contributed by atoms with Gasteiger partial charge in [-0.2, -0.15) is 0 Å². The van der Waals surface area contributed by atoms with E-state index in [1.165, 1.54) is 32.5 Å². The van der Waals surface area contributed by atoms with Gasteiger partial charge in [-0.15, -0.1) is 23.2 Å². The number of carbonyl (C=O) groups is 2. The first kappa shape index (κ1) is 31.9. The van der Waals surface area contributed by atoms with Crippen LogP contribution in [0.5, 0.6) is 0 Å². The second-order valence-corrected chi connectivity index (χ2v) is 14.6. The molecule has 7 rings (SSSR count). The SMILES string of the molecule is C=CC(=O)OCC1(COC(=O)C=C)c2cc(-c3ccc4ccc5cc(C(C)(C)C)cc6ccc3c4c56)ccc2-c2ccc(C(Cl)Cl)cc21. The number of ether oxygens (including phenoxy) is 2. The second kappa shape index (κ2) is 11.8. The lowest BCUT2D eigenvalue weighted by Gasteiger charge is -2.31. The number of carbonyl (C=O) groups excluding carboxylic acids is 2. The van der Waals surface area contributed by atoms with Gasteiger partial charge in [0.15, 0.2) is 0 Å². The topological polar surface area (TPSA) is 52.6 Å². The Hall–Kier alpha value is -4.64. The molecule has 0 heterocycles. The molecule has 0 N–H and O–H groups in total. The van der Waals surface area contributed by atoms with Crippen molar-refractivity contribution in [3.05, 3.63) is 132 Å². The van der Waals surface area contributed by atoms with Crippen LogP contribution in [-0.2, 0) is 29.9 Å². The summed E-state index contributed by atoms with van der Waals surface area (Å²) in [6, 6.07) is 29.9. The number of alkyl halides is 2. The lowest BCUT2D eigenvalue weighted by molar-refractivity contribution is -0.143. The summed E-state index contributed by atoms with van der Waals surface area (Å²) in [6.45, 7) is 13.7. The molecular formula is C42H34Cl2O4. The van der Waals surface area contributed by atoms with Crippen molar-refractivity contribution in [1.29, 1.82) is 0 Å². The molecule has 240 valence electrons. The van der Waals surface area contributed by atoms with Crippen LogP contribution in [0.2, 0.25) is 0 Å². The Morgan fingerprint density at radius 1 is 0.708 bits per heavy atom. The van der Waals surface area contributed by atoms with Gasteiger partial charge in [-0.05, 0) is 88.3 Å². The number of hydrogen-bond donors (Lipinski definition) is 0. The molecule has 0 aromatic heterocycles. The molecule has 0 radical (unpaired) electrons. The highest BCUT2D eigenvalue weighted by Gasteiger charge is 2.46. The van der Waals surface area contributed by atoms with Gasteiger partial charge in [-0.3, -0.25) is 0 Å². The fourth-order valence-corrected chi connectivity index (χ4v) is 7.45. The van der Waals surface area contributed by atoms with Gasteiger partial charge in [0, 0.05) is 12.2 Å². The van der Waals surface area contributed by atoms with Crippen molar-refractivity contribution in [2.45, 2.75) is 36.4 Å². The summed E-state index contributed by atoms with van der Waals surface area (Å²) in [5.74, 6) is -1.17. The Bertz CT molecular complexity index is 2250. The van der Waals surface area contributed by atoms with E-state index in [0.29, 0.717) is 5.56 Å². The molecule has 48 heavy (non-hydrogen) atoms. The van der Waals surface area contributed by atoms with E-state index in [2.05, 4.69) is 101 Å². The summed E-state index contributed by atoms with van der Waals surface area (Å²) < 4.78 is 11.5. The van der Waals surface area contributed by atoms with Crippen molar-refractivity contribution in [3.63, 3.8) is 0 Å². The molecule has 0 atom stereocenters. The largest absolute Gasteiger partial charge is 0.461 e. The second-order valence-electron chi connectivity index (χ2n) is 13.5. The average molecular weight is 674 g/mol. The summed E-state index contributed by atoms with van der Waals surface area (Å²) in [6.07, 6.45) is 2.24. The Morgan fingerprint density at radius 2 is 1.25 bits per heavy atom. The highest BCUT2D eigenvalue weighted by Crippen LogP contribution is 2.52. The van der Waals surface area contributed by atoms with E-state index in [1.54, 1.807) is 0 Å². The zero-order valence-electron chi connectivity index (χ0n) is 27.0. The Labute approximate surface area is 289 Å². The van der Waals surface area contributed by atoms with E-state index in [9.17, 15) is 9.59 Å². The number of benzene rings is 6. The van der Waals surface area contributed by atoms with Crippen LogP contribution in [0.3, 0.4) is 0 Å². The molecule has 6 heteroatoms. The lowest BCUT2D eigenvalue weighted by atomic mass is 9.78. The van der Waals surface area contributed by atoms with Crippen molar-refractivity contribution in [3.8, 4) is 22.3 Å². The minimum Gasteiger partial charge on any atom is -0.461 e. The molecule has 0 fully saturated rings. The van der Waals surface area contributed by atoms with E-state index < -0.39 is 22.2 Å². The van der Waals surface area contributed by atoms with Crippen molar-refractivity contribution < 1.29 is 19.1 Å². The smallest absolute Gasteiger partial charge is 0.330 e. The van der Waals surface area contributed by atoms with Gasteiger partial charge in [0.2, 0.25) is 0 Å². The maximum absolute atomic E-state index is 12.5. The predicted molar refractivity (Wildman–Crippen MR) is 197 cm³/mol. The summed E-state index contributed by atoms with van der Waals surface area (Å²) in [5.41, 5.74) is 6.54. The fraction of sp³-hybridized carbons (Fsp3) is 0.190. The molecule has 0 unspecified atom stereocenters. The highest BCUT2D eigenvalue weighted by molar-refractivity contribution is 6.44. The summed E-state index contributed by atoms with van der Waals surface area (Å²) in [4.78, 5) is 24.2. The first-order valence-electron chi connectivity index (χ1n) is 15.8. The number of hydrogen-bond acceptors (Lipinski definition) is 4. The first-order chi connectivity index (χ1) is 22.9. The van der Waals surface area contributed by atoms with Gasteiger partial charge >= 0.3 is 11.9 Å². The van der Waals surface area contributed by atoms with Crippen LogP contribution in [0.1, 0.15) is 47.9 Å². The molecule has 0 saturated carbocycles. The van der Waals surface area contributed by atoms with Crippen molar-refractivity contribution >= 4 is 67.5 Å². The van der Waals surface area contributed by atoms with Crippen molar-refractivity contribution in [2.24, 2.45) is 0 Å². The van der Waals surface area contributed by atoms with Crippen LogP contribution in [0, 0.1) is 0 Å². The lowest BCUT2D eigenvalue weighted by Crippen LogP contribution is -2.38. The number of rotatable bonds is 8. The summed E-state index contributed by atoms with van der Waals surface area (Å²) in [7, 11) is 0. The monoisotopic (exact) mass is 672 g/mol. The third-order valence-corrected chi connectivity index (χ3v) is 10.2. The van der Waals surface area contributed by atoms with Crippen LogP contribution in [0.4, 0.5) is 0 Å². The maximum atomic E-state index is 12.5. The normalized spacial score (nSPS) is 13.5. The predicted octanol–water partition coefficient (Wildman–Crippen LogP) is 10.7. The fourth-order valence-electron chi connectivity index (χ4n) is 7.18. The maximum Gasteiger partial charge on any atom is 0.330 e. The minimum atomic E-state index is -1.05. The van der Waals surface area contributed by atoms with Crippen molar-refractivity contribution in [1.82, 2.24) is 0 Å². The van der Waals surface area contributed by atoms with Gasteiger partial charge in [-0.25, -0.2) is 9.59 Å². The van der Waals surface area contributed by atoms with E-state index in [1.807, 2.05) is 18.2 Å². The quantitative estimate of drug-likeness (QED) is 0.0698. The molecule has 0 saturated heterocycles. The van der Waals surface area contributed by atoms with Gasteiger partial charge in [-0.1, -0.05) is 113 Å². The van der Waals surface area contributed by atoms with Crippen LogP contribution in [-0.4, -0.2) is 25.2 Å². The number of fused-ring (bicyclic) bond motifs is 3. The Balaban J connectivity index is 1.46. The Morgan fingerprint density at radius 3 is 1.85 bits per heavy atom. The molecular weight excluding hydrogens is 639 g/mol. The third-order valence-electron chi connectivity index (χ3n) is 9.67. The Kier molecular flexibility index (Phi) is 7.85. The molecule has 1 aliphatic carbocycles. The number of halogens is 2. The minimum absolute atomic E-state index is 0.0271. The van der Waals surface area contributed by atoms with Crippen molar-refractivity contribution in [2.75, 3.05) is 13.2 Å². The van der Waals surface area contributed by atoms with Gasteiger partial charge < -0.3 is 9.47 Å².